The zero-order valence-electron chi connectivity index (χ0n) is 12.9. The number of carbonyl (C=O) groups excluding carboxylic acids is 1. The molecular weight excluding hydrogens is 328 g/mol. The molecule has 3 aromatic rings. The number of rotatable bonds is 4. The molecule has 0 aliphatic carbocycles. The number of hydrogen-bond donors (Lipinski definition) is 0. The van der Waals surface area contributed by atoms with Crippen LogP contribution in [-0.2, 0) is 6.54 Å². The predicted molar refractivity (Wildman–Crippen MR) is 87.5 cm³/mol. The van der Waals surface area contributed by atoms with Crippen molar-refractivity contribution in [3.05, 3.63) is 47.6 Å². The molecule has 0 atom stereocenters. The molecule has 0 spiro atoms. The van der Waals surface area contributed by atoms with Crippen LogP contribution in [0.3, 0.4) is 0 Å². The number of carbonyl (C=O) groups is 1. The van der Waals surface area contributed by atoms with Gasteiger partial charge in [0.15, 0.2) is 5.76 Å². The number of thiophene rings is 1. The minimum Gasteiger partial charge on any atom is -0.459 e. The van der Waals surface area contributed by atoms with Gasteiger partial charge in [-0.15, -0.1) is 11.3 Å². The molecule has 4 heterocycles. The Labute approximate surface area is 142 Å². The fraction of sp³-hybridized carbons (Fsp3) is 0.312. The van der Waals surface area contributed by atoms with Gasteiger partial charge in [0, 0.05) is 26.2 Å². The van der Waals surface area contributed by atoms with E-state index in [1.165, 1.54) is 6.26 Å². The lowest BCUT2D eigenvalue weighted by atomic mass is 10.3. The van der Waals surface area contributed by atoms with Crippen molar-refractivity contribution >= 4 is 17.2 Å². The van der Waals surface area contributed by atoms with E-state index < -0.39 is 0 Å². The van der Waals surface area contributed by atoms with E-state index in [4.69, 9.17) is 8.94 Å². The standard InChI is InChI=1S/C16H16N4O3S/c21-16(12-3-1-9-22-12)20-7-5-19(6-8-20)11-14-17-15(18-23-14)13-4-2-10-24-13/h1-4,9-10H,5-8,11H2. The number of amides is 1. The highest BCUT2D eigenvalue weighted by molar-refractivity contribution is 7.13. The molecule has 4 rings (SSSR count). The first-order chi connectivity index (χ1) is 11.8. The zero-order valence-corrected chi connectivity index (χ0v) is 13.7. The van der Waals surface area contributed by atoms with Gasteiger partial charge in [-0.1, -0.05) is 11.2 Å². The molecule has 1 amide bonds. The topological polar surface area (TPSA) is 75.6 Å². The van der Waals surface area contributed by atoms with Crippen molar-refractivity contribution in [2.45, 2.75) is 6.54 Å². The minimum atomic E-state index is -0.0579. The molecule has 0 aromatic carbocycles. The van der Waals surface area contributed by atoms with Crippen LogP contribution in [0.2, 0.25) is 0 Å². The summed E-state index contributed by atoms with van der Waals surface area (Å²) in [5.41, 5.74) is 0. The van der Waals surface area contributed by atoms with Crippen LogP contribution in [0.5, 0.6) is 0 Å². The number of nitrogens with zero attached hydrogens (tertiary/aromatic N) is 4. The highest BCUT2D eigenvalue weighted by Gasteiger charge is 2.24. The lowest BCUT2D eigenvalue weighted by Crippen LogP contribution is -2.48. The first-order valence-corrected chi connectivity index (χ1v) is 8.59. The lowest BCUT2D eigenvalue weighted by Gasteiger charge is -2.33. The molecule has 0 saturated carbocycles. The second kappa shape index (κ2) is 6.58. The summed E-state index contributed by atoms with van der Waals surface area (Å²) in [7, 11) is 0. The molecule has 1 aliphatic rings. The van der Waals surface area contributed by atoms with E-state index in [-0.39, 0.29) is 5.91 Å². The van der Waals surface area contributed by atoms with Gasteiger partial charge in [-0.05, 0) is 23.6 Å². The zero-order chi connectivity index (χ0) is 16.4. The maximum atomic E-state index is 12.2. The predicted octanol–water partition coefficient (Wildman–Crippen LogP) is 2.35. The van der Waals surface area contributed by atoms with Gasteiger partial charge in [-0.25, -0.2) is 0 Å². The van der Waals surface area contributed by atoms with Crippen LogP contribution in [-0.4, -0.2) is 52.0 Å². The number of furan rings is 1. The fourth-order valence-electron chi connectivity index (χ4n) is 2.68. The molecule has 0 radical (unpaired) electrons. The summed E-state index contributed by atoms with van der Waals surface area (Å²) in [6.07, 6.45) is 1.52. The molecule has 8 heteroatoms. The molecule has 0 unspecified atom stereocenters. The minimum absolute atomic E-state index is 0.0579. The van der Waals surface area contributed by atoms with Gasteiger partial charge < -0.3 is 13.8 Å². The van der Waals surface area contributed by atoms with Crippen LogP contribution in [0.25, 0.3) is 10.7 Å². The maximum absolute atomic E-state index is 12.2. The molecule has 1 fully saturated rings. The molecule has 7 nitrogen and oxygen atoms in total. The van der Waals surface area contributed by atoms with Gasteiger partial charge in [-0.3, -0.25) is 9.69 Å². The van der Waals surface area contributed by atoms with Gasteiger partial charge in [0.2, 0.25) is 11.7 Å². The highest BCUT2D eigenvalue weighted by atomic mass is 32.1. The van der Waals surface area contributed by atoms with Crippen LogP contribution >= 0.6 is 11.3 Å². The third-order valence-corrected chi connectivity index (χ3v) is 4.83. The third-order valence-electron chi connectivity index (χ3n) is 3.96. The monoisotopic (exact) mass is 344 g/mol. The Morgan fingerprint density at radius 1 is 1.21 bits per heavy atom. The maximum Gasteiger partial charge on any atom is 0.289 e. The van der Waals surface area contributed by atoms with E-state index in [1.54, 1.807) is 28.4 Å². The largest absolute Gasteiger partial charge is 0.459 e. The van der Waals surface area contributed by atoms with Crippen molar-refractivity contribution in [1.82, 2.24) is 19.9 Å². The van der Waals surface area contributed by atoms with E-state index >= 15 is 0 Å². The highest BCUT2D eigenvalue weighted by Crippen LogP contribution is 2.21. The summed E-state index contributed by atoms with van der Waals surface area (Å²) in [6.45, 7) is 3.45. The molecule has 24 heavy (non-hydrogen) atoms. The summed E-state index contributed by atoms with van der Waals surface area (Å²) < 4.78 is 10.5. The second-order valence-electron chi connectivity index (χ2n) is 5.53. The van der Waals surface area contributed by atoms with Crippen molar-refractivity contribution in [2.24, 2.45) is 0 Å². The summed E-state index contributed by atoms with van der Waals surface area (Å²) in [5.74, 6) is 1.56. The van der Waals surface area contributed by atoms with Gasteiger partial charge in [0.25, 0.3) is 5.91 Å². The molecule has 124 valence electrons. The Bertz CT molecular complexity index is 789. The van der Waals surface area contributed by atoms with E-state index in [0.717, 1.165) is 18.0 Å². The summed E-state index contributed by atoms with van der Waals surface area (Å²) in [6, 6.07) is 7.35. The molecular formula is C16H16N4O3S. The van der Waals surface area contributed by atoms with Gasteiger partial charge in [-0.2, -0.15) is 4.98 Å². The summed E-state index contributed by atoms with van der Waals surface area (Å²) in [4.78, 5) is 21.7. The Kier molecular flexibility index (Phi) is 4.14. The van der Waals surface area contributed by atoms with E-state index in [1.807, 2.05) is 17.5 Å². The van der Waals surface area contributed by atoms with Crippen LogP contribution < -0.4 is 0 Å². The SMILES string of the molecule is O=C(c1ccco1)N1CCN(Cc2nc(-c3cccs3)no2)CC1. The molecule has 1 aliphatic heterocycles. The Morgan fingerprint density at radius 2 is 2.08 bits per heavy atom. The molecule has 0 bridgehead atoms. The van der Waals surface area contributed by atoms with E-state index in [0.29, 0.717) is 37.1 Å². The number of hydrogen-bond acceptors (Lipinski definition) is 7. The van der Waals surface area contributed by atoms with Crippen molar-refractivity contribution in [3.8, 4) is 10.7 Å². The van der Waals surface area contributed by atoms with Crippen molar-refractivity contribution in [2.75, 3.05) is 26.2 Å². The summed E-state index contributed by atoms with van der Waals surface area (Å²) >= 11 is 1.59. The Hall–Kier alpha value is -2.45. The van der Waals surface area contributed by atoms with Crippen LogP contribution in [0.1, 0.15) is 16.4 Å². The van der Waals surface area contributed by atoms with Crippen molar-refractivity contribution in [1.29, 1.82) is 0 Å². The summed E-state index contributed by atoms with van der Waals surface area (Å²) in [5, 5.41) is 6.01. The van der Waals surface area contributed by atoms with Gasteiger partial charge in [0.1, 0.15) is 0 Å². The fourth-order valence-corrected chi connectivity index (χ4v) is 3.33. The normalized spacial score (nSPS) is 15.8. The van der Waals surface area contributed by atoms with Crippen LogP contribution in [0, 0.1) is 0 Å². The van der Waals surface area contributed by atoms with E-state index in [2.05, 4.69) is 15.0 Å². The van der Waals surface area contributed by atoms with Crippen LogP contribution in [0.4, 0.5) is 0 Å². The number of aromatic nitrogens is 2. The first-order valence-electron chi connectivity index (χ1n) is 7.71. The van der Waals surface area contributed by atoms with E-state index in [9.17, 15) is 4.79 Å². The second-order valence-corrected chi connectivity index (χ2v) is 6.48. The Balaban J connectivity index is 1.33. The first kappa shape index (κ1) is 15.1. The average Bonchev–Trinajstić information content (AvgIpc) is 3.36. The molecule has 0 N–H and O–H groups in total. The number of piperazine rings is 1. The third kappa shape index (κ3) is 3.10. The van der Waals surface area contributed by atoms with Crippen LogP contribution in [0.15, 0.2) is 44.8 Å². The van der Waals surface area contributed by atoms with Crippen molar-refractivity contribution < 1.29 is 13.7 Å². The Morgan fingerprint density at radius 3 is 2.79 bits per heavy atom. The lowest BCUT2D eigenvalue weighted by molar-refractivity contribution is 0.0585. The molecule has 3 aromatic heterocycles. The average molecular weight is 344 g/mol. The van der Waals surface area contributed by atoms with Crippen molar-refractivity contribution in [3.63, 3.8) is 0 Å². The van der Waals surface area contributed by atoms with Gasteiger partial charge >= 0.3 is 0 Å². The molecule has 1 saturated heterocycles. The quantitative estimate of drug-likeness (QED) is 0.723. The smallest absolute Gasteiger partial charge is 0.289 e. The van der Waals surface area contributed by atoms with Gasteiger partial charge in [0.05, 0.1) is 17.7 Å².